The number of hydrogen-bond donors (Lipinski definition) is 1. The summed E-state index contributed by atoms with van der Waals surface area (Å²) in [6.45, 7) is 0.941. The molecule has 0 aromatic carbocycles. The molecule has 1 aliphatic heterocycles. The minimum absolute atomic E-state index is 0.100. The van der Waals surface area contributed by atoms with Crippen molar-refractivity contribution in [3.05, 3.63) is 35.9 Å². The summed E-state index contributed by atoms with van der Waals surface area (Å²) in [5, 5.41) is 0. The van der Waals surface area contributed by atoms with Crippen molar-refractivity contribution in [3.8, 4) is 0 Å². The van der Waals surface area contributed by atoms with Crippen LogP contribution in [0.1, 0.15) is 40.9 Å². The van der Waals surface area contributed by atoms with E-state index in [4.69, 9.17) is 0 Å². The van der Waals surface area contributed by atoms with Crippen molar-refractivity contribution in [2.45, 2.75) is 24.9 Å². The Morgan fingerprint density at radius 1 is 1.30 bits per heavy atom. The molecule has 1 saturated heterocycles. The van der Waals surface area contributed by atoms with E-state index in [2.05, 4.69) is 15.0 Å². The molecule has 2 aromatic rings. The number of amides is 1. The van der Waals surface area contributed by atoms with Crippen LogP contribution in [0.15, 0.2) is 18.6 Å². The van der Waals surface area contributed by atoms with Crippen LogP contribution >= 0.6 is 0 Å². The number of imidazole rings is 2. The van der Waals surface area contributed by atoms with Crippen molar-refractivity contribution in [2.75, 3.05) is 13.1 Å². The smallest absolute Gasteiger partial charge is 0.338 e. The molecule has 0 bridgehead atoms. The largest absolute Gasteiger partial charge is 0.432 e. The van der Waals surface area contributed by atoms with Crippen LogP contribution in [0.3, 0.4) is 0 Å². The van der Waals surface area contributed by atoms with Gasteiger partial charge in [-0.3, -0.25) is 4.79 Å². The van der Waals surface area contributed by atoms with Crippen LogP contribution in [0.25, 0.3) is 0 Å². The zero-order valence-electron chi connectivity index (χ0n) is 12.5. The van der Waals surface area contributed by atoms with Gasteiger partial charge < -0.3 is 14.5 Å². The van der Waals surface area contributed by atoms with Crippen LogP contribution in [0.5, 0.6) is 0 Å². The maximum absolute atomic E-state index is 12.6. The summed E-state index contributed by atoms with van der Waals surface area (Å²) < 4.78 is 39.4. The molecule has 0 unspecified atom stereocenters. The number of H-pyrrole nitrogens is 1. The molecule has 1 aliphatic rings. The maximum Gasteiger partial charge on any atom is 0.432 e. The van der Waals surface area contributed by atoms with Crippen LogP contribution in [-0.4, -0.2) is 43.4 Å². The quantitative estimate of drug-likeness (QED) is 0.919. The van der Waals surface area contributed by atoms with Crippen molar-refractivity contribution in [3.63, 3.8) is 0 Å². The standard InChI is InChI=1S/C14H16F3N5O/c1-21-7-4-18-12(21)13(23)22-5-2-9(3-6-22)11-19-8-10(20-11)14(15,16)17/h4,7-9H,2-3,5-6H2,1H3,(H,19,20). The molecule has 23 heavy (non-hydrogen) atoms. The molecule has 0 atom stereocenters. The molecule has 1 amide bonds. The Morgan fingerprint density at radius 3 is 2.52 bits per heavy atom. The van der Waals surface area contributed by atoms with Gasteiger partial charge in [-0.2, -0.15) is 13.2 Å². The number of aryl methyl sites for hydroxylation is 1. The van der Waals surface area contributed by atoms with Gasteiger partial charge in [0, 0.05) is 38.4 Å². The second kappa shape index (κ2) is 5.71. The first-order chi connectivity index (χ1) is 10.9. The highest BCUT2D eigenvalue weighted by Crippen LogP contribution is 2.31. The van der Waals surface area contributed by atoms with E-state index in [0.29, 0.717) is 37.6 Å². The molecule has 3 rings (SSSR count). The summed E-state index contributed by atoms with van der Waals surface area (Å²) in [5.41, 5.74) is -0.834. The summed E-state index contributed by atoms with van der Waals surface area (Å²) in [7, 11) is 1.74. The molecular weight excluding hydrogens is 311 g/mol. The minimum Gasteiger partial charge on any atom is -0.338 e. The van der Waals surface area contributed by atoms with Gasteiger partial charge in [-0.1, -0.05) is 0 Å². The number of nitrogens with one attached hydrogen (secondary N) is 1. The van der Waals surface area contributed by atoms with Gasteiger partial charge >= 0.3 is 6.18 Å². The molecule has 1 N–H and O–H groups in total. The van der Waals surface area contributed by atoms with E-state index in [-0.39, 0.29) is 11.8 Å². The van der Waals surface area contributed by atoms with Crippen LogP contribution in [0.2, 0.25) is 0 Å². The molecule has 1 fully saturated rings. The van der Waals surface area contributed by atoms with E-state index >= 15 is 0 Å². The lowest BCUT2D eigenvalue weighted by atomic mass is 9.96. The van der Waals surface area contributed by atoms with Gasteiger partial charge in [0.15, 0.2) is 5.82 Å². The Bertz CT molecular complexity index is 697. The Hall–Kier alpha value is -2.32. The van der Waals surface area contributed by atoms with Crippen molar-refractivity contribution >= 4 is 5.91 Å². The topological polar surface area (TPSA) is 66.8 Å². The molecule has 0 radical (unpaired) electrons. The number of carbonyl (C=O) groups excluding carboxylic acids is 1. The third kappa shape index (κ3) is 3.08. The average molecular weight is 327 g/mol. The number of carbonyl (C=O) groups is 1. The lowest BCUT2D eigenvalue weighted by Gasteiger charge is -2.30. The molecule has 9 heteroatoms. The Kier molecular flexibility index (Phi) is 3.87. The molecule has 124 valence electrons. The van der Waals surface area contributed by atoms with Crippen molar-refractivity contribution in [2.24, 2.45) is 7.05 Å². The first-order valence-corrected chi connectivity index (χ1v) is 7.25. The molecule has 0 aliphatic carbocycles. The monoisotopic (exact) mass is 327 g/mol. The van der Waals surface area contributed by atoms with Gasteiger partial charge in [0.1, 0.15) is 11.5 Å². The van der Waals surface area contributed by atoms with E-state index < -0.39 is 11.9 Å². The van der Waals surface area contributed by atoms with Crippen LogP contribution in [-0.2, 0) is 13.2 Å². The highest BCUT2D eigenvalue weighted by atomic mass is 19.4. The summed E-state index contributed by atoms with van der Waals surface area (Å²) in [6, 6.07) is 0. The van der Waals surface area contributed by atoms with Crippen molar-refractivity contribution in [1.82, 2.24) is 24.4 Å². The third-order valence-corrected chi connectivity index (χ3v) is 4.08. The number of hydrogen-bond acceptors (Lipinski definition) is 3. The molecule has 0 spiro atoms. The maximum atomic E-state index is 12.6. The fourth-order valence-corrected chi connectivity index (χ4v) is 2.76. The molecule has 0 saturated carbocycles. The second-order valence-corrected chi connectivity index (χ2v) is 5.61. The number of likely N-dealkylation sites (tertiary alicyclic amines) is 1. The normalized spacial score (nSPS) is 16.8. The Labute approximate surface area is 130 Å². The molecule has 2 aromatic heterocycles. The van der Waals surface area contributed by atoms with Crippen LogP contribution < -0.4 is 0 Å². The van der Waals surface area contributed by atoms with Gasteiger partial charge in [-0.05, 0) is 12.8 Å². The first-order valence-electron chi connectivity index (χ1n) is 7.25. The first kappa shape index (κ1) is 15.6. The van der Waals surface area contributed by atoms with Crippen molar-refractivity contribution in [1.29, 1.82) is 0 Å². The fourth-order valence-electron chi connectivity index (χ4n) is 2.76. The molecule has 3 heterocycles. The lowest BCUT2D eigenvalue weighted by Crippen LogP contribution is -2.39. The van der Waals surface area contributed by atoms with Crippen molar-refractivity contribution < 1.29 is 18.0 Å². The second-order valence-electron chi connectivity index (χ2n) is 5.61. The number of halogens is 3. The highest BCUT2D eigenvalue weighted by molar-refractivity contribution is 5.90. The van der Waals surface area contributed by atoms with E-state index in [1.54, 1.807) is 28.9 Å². The molecular formula is C14H16F3N5O. The summed E-state index contributed by atoms with van der Waals surface area (Å²) in [5.74, 6) is 0.435. The fraction of sp³-hybridized carbons (Fsp3) is 0.500. The summed E-state index contributed by atoms with van der Waals surface area (Å²) in [4.78, 5) is 24.2. The predicted molar refractivity (Wildman–Crippen MR) is 74.7 cm³/mol. The predicted octanol–water partition coefficient (Wildman–Crippen LogP) is 2.18. The van der Waals surface area contributed by atoms with Gasteiger partial charge in [-0.15, -0.1) is 0 Å². The number of alkyl halides is 3. The van der Waals surface area contributed by atoms with Crippen LogP contribution in [0.4, 0.5) is 13.2 Å². The summed E-state index contributed by atoms with van der Waals surface area (Å²) >= 11 is 0. The Morgan fingerprint density at radius 2 is 2.00 bits per heavy atom. The van der Waals surface area contributed by atoms with Gasteiger partial charge in [0.25, 0.3) is 5.91 Å². The van der Waals surface area contributed by atoms with E-state index in [1.165, 1.54) is 0 Å². The number of rotatable bonds is 2. The SMILES string of the molecule is Cn1ccnc1C(=O)N1CCC(c2ncc(C(F)(F)F)[nH]2)CC1. The third-order valence-electron chi connectivity index (χ3n) is 4.08. The zero-order chi connectivity index (χ0) is 16.6. The average Bonchev–Trinajstić information content (AvgIpc) is 3.15. The van der Waals surface area contributed by atoms with E-state index in [9.17, 15) is 18.0 Å². The number of aromatic nitrogens is 4. The number of aromatic amines is 1. The van der Waals surface area contributed by atoms with Gasteiger partial charge in [0.05, 0.1) is 6.20 Å². The molecule has 6 nitrogen and oxygen atoms in total. The number of piperidine rings is 1. The van der Waals surface area contributed by atoms with E-state index in [0.717, 1.165) is 6.20 Å². The minimum atomic E-state index is -4.42. The Balaban J connectivity index is 1.63. The zero-order valence-corrected chi connectivity index (χ0v) is 12.5. The lowest BCUT2D eigenvalue weighted by molar-refractivity contribution is -0.141. The highest BCUT2D eigenvalue weighted by Gasteiger charge is 2.34. The van der Waals surface area contributed by atoms with Gasteiger partial charge in [0.2, 0.25) is 0 Å². The van der Waals surface area contributed by atoms with Crippen LogP contribution in [0, 0.1) is 0 Å². The van der Waals surface area contributed by atoms with E-state index in [1.807, 2.05) is 0 Å². The summed E-state index contributed by atoms with van der Waals surface area (Å²) in [6.07, 6.45) is 0.797. The van der Waals surface area contributed by atoms with Gasteiger partial charge in [-0.25, -0.2) is 9.97 Å². The number of nitrogens with zero attached hydrogens (tertiary/aromatic N) is 4.